The highest BCUT2D eigenvalue weighted by Crippen LogP contribution is 2.33. The summed E-state index contributed by atoms with van der Waals surface area (Å²) in [6.45, 7) is 4.95. The van der Waals surface area contributed by atoms with E-state index in [2.05, 4.69) is 43.9 Å². The first-order valence-electron chi connectivity index (χ1n) is 8.35. The molecule has 0 unspecified atom stereocenters. The Hall–Kier alpha value is -0.650. The van der Waals surface area contributed by atoms with Gasteiger partial charge in [-0.3, -0.25) is 0 Å². The quantitative estimate of drug-likeness (QED) is 0.764. The van der Waals surface area contributed by atoms with E-state index in [1.807, 2.05) is 11.3 Å². The molecular formula is C17H22BrN3S. The van der Waals surface area contributed by atoms with Gasteiger partial charge in [0, 0.05) is 23.6 Å². The van der Waals surface area contributed by atoms with Crippen LogP contribution >= 0.6 is 27.3 Å². The van der Waals surface area contributed by atoms with Gasteiger partial charge in [0.15, 0.2) is 5.13 Å². The molecule has 0 spiro atoms. The Kier molecular flexibility index (Phi) is 4.38. The number of anilines is 1. The second kappa shape index (κ2) is 6.46. The fourth-order valence-electron chi connectivity index (χ4n) is 3.73. The van der Waals surface area contributed by atoms with Crippen LogP contribution in [0.4, 0.5) is 5.13 Å². The van der Waals surface area contributed by atoms with Gasteiger partial charge in [-0.25, -0.2) is 4.98 Å². The predicted molar refractivity (Wildman–Crippen MR) is 98.0 cm³/mol. The molecular weight excluding hydrogens is 358 g/mol. The summed E-state index contributed by atoms with van der Waals surface area (Å²) >= 11 is 5.38. The van der Waals surface area contributed by atoms with E-state index >= 15 is 0 Å². The molecule has 0 amide bonds. The van der Waals surface area contributed by atoms with Crippen LogP contribution in [0.25, 0.3) is 10.2 Å². The Bertz CT molecular complexity index is 642. The van der Waals surface area contributed by atoms with Crippen LogP contribution in [0.1, 0.15) is 32.1 Å². The summed E-state index contributed by atoms with van der Waals surface area (Å²) in [4.78, 5) is 10.0. The Morgan fingerprint density at radius 3 is 2.59 bits per heavy atom. The van der Waals surface area contributed by atoms with Crippen molar-refractivity contribution in [2.75, 3.05) is 31.1 Å². The van der Waals surface area contributed by atoms with Crippen LogP contribution in [-0.2, 0) is 0 Å². The number of hydrogen-bond donors (Lipinski definition) is 0. The molecule has 3 nitrogen and oxygen atoms in total. The maximum atomic E-state index is 4.83. The van der Waals surface area contributed by atoms with Gasteiger partial charge in [0.1, 0.15) is 0 Å². The lowest BCUT2D eigenvalue weighted by atomic mass is 10.0. The van der Waals surface area contributed by atoms with Gasteiger partial charge >= 0.3 is 0 Å². The summed E-state index contributed by atoms with van der Waals surface area (Å²) < 4.78 is 2.42. The summed E-state index contributed by atoms with van der Waals surface area (Å²) in [7, 11) is 0. The minimum Gasteiger partial charge on any atom is -0.348 e. The topological polar surface area (TPSA) is 19.4 Å². The first kappa shape index (κ1) is 14.9. The second-order valence-corrected chi connectivity index (χ2v) is 8.35. The van der Waals surface area contributed by atoms with Crippen LogP contribution in [0.2, 0.25) is 0 Å². The summed E-state index contributed by atoms with van der Waals surface area (Å²) in [5.41, 5.74) is 1.13. The first-order valence-corrected chi connectivity index (χ1v) is 9.96. The molecule has 4 rings (SSSR count). The second-order valence-electron chi connectivity index (χ2n) is 6.42. The zero-order valence-electron chi connectivity index (χ0n) is 12.8. The van der Waals surface area contributed by atoms with Gasteiger partial charge in [-0.2, -0.15) is 0 Å². The van der Waals surface area contributed by atoms with Crippen molar-refractivity contribution < 1.29 is 0 Å². The molecule has 2 fully saturated rings. The van der Waals surface area contributed by atoms with E-state index in [0.29, 0.717) is 0 Å². The average molecular weight is 380 g/mol. The van der Waals surface area contributed by atoms with Crippen molar-refractivity contribution in [1.29, 1.82) is 0 Å². The molecule has 118 valence electrons. The standard InChI is InChI=1S/C17H22BrN3S/c18-13-4-5-15-16(12-13)22-17(19-15)21-10-6-14(7-11-21)20-8-2-1-3-9-20/h4-5,12,14H,1-3,6-11H2. The summed E-state index contributed by atoms with van der Waals surface area (Å²) in [6, 6.07) is 7.17. The third-order valence-corrected chi connectivity index (χ3v) is 6.55. The normalized spacial score (nSPS) is 21.6. The third-order valence-electron chi connectivity index (χ3n) is 4.98. The molecule has 22 heavy (non-hydrogen) atoms. The fourth-order valence-corrected chi connectivity index (χ4v) is 5.30. The molecule has 5 heteroatoms. The van der Waals surface area contributed by atoms with E-state index in [-0.39, 0.29) is 0 Å². The number of likely N-dealkylation sites (tertiary alicyclic amines) is 1. The smallest absolute Gasteiger partial charge is 0.186 e. The molecule has 0 N–H and O–H groups in total. The summed E-state index contributed by atoms with van der Waals surface area (Å²) in [6.07, 6.45) is 6.80. The monoisotopic (exact) mass is 379 g/mol. The van der Waals surface area contributed by atoms with Crippen molar-refractivity contribution in [1.82, 2.24) is 9.88 Å². The molecule has 2 aromatic rings. The molecule has 0 saturated carbocycles. The lowest BCUT2D eigenvalue weighted by Gasteiger charge is -2.40. The molecule has 2 aliphatic rings. The number of rotatable bonds is 2. The van der Waals surface area contributed by atoms with Crippen LogP contribution in [0.5, 0.6) is 0 Å². The number of aromatic nitrogens is 1. The highest BCUT2D eigenvalue weighted by Gasteiger charge is 2.26. The van der Waals surface area contributed by atoms with Crippen LogP contribution in [-0.4, -0.2) is 42.1 Å². The molecule has 0 atom stereocenters. The van der Waals surface area contributed by atoms with E-state index in [1.54, 1.807) is 0 Å². The van der Waals surface area contributed by atoms with Gasteiger partial charge in [-0.05, 0) is 57.0 Å². The minimum atomic E-state index is 0.806. The first-order chi connectivity index (χ1) is 10.8. The van der Waals surface area contributed by atoms with Gasteiger partial charge in [0.2, 0.25) is 0 Å². The van der Waals surface area contributed by atoms with Crippen molar-refractivity contribution in [3.05, 3.63) is 22.7 Å². The van der Waals surface area contributed by atoms with Gasteiger partial charge in [0.05, 0.1) is 10.2 Å². The van der Waals surface area contributed by atoms with E-state index in [1.165, 1.54) is 55.0 Å². The Morgan fingerprint density at radius 2 is 1.82 bits per heavy atom. The predicted octanol–water partition coefficient (Wildman–Crippen LogP) is 4.51. The summed E-state index contributed by atoms with van der Waals surface area (Å²) in [5, 5.41) is 1.20. The van der Waals surface area contributed by atoms with Crippen molar-refractivity contribution >= 4 is 42.6 Å². The third kappa shape index (κ3) is 3.03. The van der Waals surface area contributed by atoms with Gasteiger partial charge in [-0.1, -0.05) is 33.7 Å². The molecule has 1 aromatic heterocycles. The molecule has 0 aliphatic carbocycles. The van der Waals surface area contributed by atoms with Crippen LogP contribution in [0.3, 0.4) is 0 Å². The lowest BCUT2D eigenvalue weighted by Crippen LogP contribution is -2.46. The van der Waals surface area contributed by atoms with E-state index < -0.39 is 0 Å². The van der Waals surface area contributed by atoms with Gasteiger partial charge < -0.3 is 9.80 Å². The number of benzene rings is 1. The molecule has 1 aromatic carbocycles. The van der Waals surface area contributed by atoms with Crippen molar-refractivity contribution in [2.24, 2.45) is 0 Å². The fraction of sp³-hybridized carbons (Fsp3) is 0.588. The number of piperidine rings is 2. The summed E-state index contributed by atoms with van der Waals surface area (Å²) in [5.74, 6) is 0. The number of fused-ring (bicyclic) bond motifs is 1. The van der Waals surface area contributed by atoms with E-state index in [0.717, 1.165) is 29.1 Å². The number of nitrogens with zero attached hydrogens (tertiary/aromatic N) is 3. The van der Waals surface area contributed by atoms with E-state index in [4.69, 9.17) is 4.98 Å². The van der Waals surface area contributed by atoms with Crippen LogP contribution in [0.15, 0.2) is 22.7 Å². The molecule has 2 saturated heterocycles. The number of thiazole rings is 1. The lowest BCUT2D eigenvalue weighted by molar-refractivity contribution is 0.141. The Morgan fingerprint density at radius 1 is 1.05 bits per heavy atom. The van der Waals surface area contributed by atoms with Crippen molar-refractivity contribution in [3.8, 4) is 0 Å². The highest BCUT2D eigenvalue weighted by molar-refractivity contribution is 9.10. The van der Waals surface area contributed by atoms with E-state index in [9.17, 15) is 0 Å². The number of hydrogen-bond acceptors (Lipinski definition) is 4. The van der Waals surface area contributed by atoms with Crippen molar-refractivity contribution in [2.45, 2.75) is 38.1 Å². The van der Waals surface area contributed by atoms with Gasteiger partial charge in [-0.15, -0.1) is 0 Å². The maximum Gasteiger partial charge on any atom is 0.186 e. The van der Waals surface area contributed by atoms with Crippen LogP contribution < -0.4 is 4.90 Å². The largest absolute Gasteiger partial charge is 0.348 e. The zero-order valence-corrected chi connectivity index (χ0v) is 15.2. The molecule has 3 heterocycles. The number of halogens is 1. The SMILES string of the molecule is Brc1ccc2nc(N3CCC(N4CCCCC4)CC3)sc2c1. The minimum absolute atomic E-state index is 0.806. The average Bonchev–Trinajstić information content (AvgIpc) is 2.99. The zero-order chi connectivity index (χ0) is 14.9. The van der Waals surface area contributed by atoms with Gasteiger partial charge in [0.25, 0.3) is 0 Å². The molecule has 2 aliphatic heterocycles. The van der Waals surface area contributed by atoms with Crippen LogP contribution in [0, 0.1) is 0 Å². The Labute approximate surface area is 144 Å². The van der Waals surface area contributed by atoms with Crippen molar-refractivity contribution in [3.63, 3.8) is 0 Å². The molecule has 0 bridgehead atoms. The maximum absolute atomic E-state index is 4.83. The molecule has 0 radical (unpaired) electrons. The Balaban J connectivity index is 1.43. The highest BCUT2D eigenvalue weighted by atomic mass is 79.9.